The van der Waals surface area contributed by atoms with Crippen molar-refractivity contribution in [1.29, 1.82) is 0 Å². The molecular weight excluding hydrogens is 312 g/mol. The number of carbonyl (C=O) groups excluding carboxylic acids is 1. The summed E-state index contributed by atoms with van der Waals surface area (Å²) in [7, 11) is 0. The summed E-state index contributed by atoms with van der Waals surface area (Å²) in [4.78, 5) is 13.0. The lowest BCUT2D eigenvalue weighted by Crippen LogP contribution is -2.51. The van der Waals surface area contributed by atoms with Gasteiger partial charge in [0.15, 0.2) is 0 Å². The molecule has 2 N–H and O–H groups in total. The Labute approximate surface area is 133 Å². The van der Waals surface area contributed by atoms with Crippen LogP contribution in [0.5, 0.6) is 0 Å². The van der Waals surface area contributed by atoms with E-state index in [2.05, 4.69) is 10.6 Å². The number of urea groups is 1. The van der Waals surface area contributed by atoms with E-state index in [1.165, 1.54) is 11.3 Å². The number of halogens is 1. The van der Waals surface area contributed by atoms with Crippen molar-refractivity contribution in [2.75, 3.05) is 19.8 Å². The molecule has 2 aliphatic heterocycles. The van der Waals surface area contributed by atoms with Gasteiger partial charge in [-0.25, -0.2) is 4.79 Å². The summed E-state index contributed by atoms with van der Waals surface area (Å²) < 4.78 is 12.0. The van der Waals surface area contributed by atoms with Crippen LogP contribution in [-0.4, -0.2) is 37.5 Å². The minimum Gasteiger partial charge on any atom is -0.378 e. The van der Waals surface area contributed by atoms with Crippen LogP contribution >= 0.6 is 22.9 Å². The molecule has 3 rings (SSSR count). The van der Waals surface area contributed by atoms with E-state index >= 15 is 0 Å². The van der Waals surface area contributed by atoms with Crippen molar-refractivity contribution in [3.8, 4) is 0 Å². The quantitative estimate of drug-likeness (QED) is 0.895. The predicted octanol–water partition coefficient (Wildman–Crippen LogP) is 2.54. The zero-order valence-corrected chi connectivity index (χ0v) is 13.3. The molecule has 2 saturated heterocycles. The van der Waals surface area contributed by atoms with Crippen molar-refractivity contribution in [2.24, 2.45) is 0 Å². The van der Waals surface area contributed by atoms with Crippen LogP contribution in [0.15, 0.2) is 12.1 Å². The first-order chi connectivity index (χ1) is 10.2. The van der Waals surface area contributed by atoms with Crippen molar-refractivity contribution in [3.05, 3.63) is 21.3 Å². The Morgan fingerprint density at radius 2 is 2.38 bits per heavy atom. The number of hydrogen-bond acceptors (Lipinski definition) is 4. The van der Waals surface area contributed by atoms with Gasteiger partial charge < -0.3 is 20.1 Å². The van der Waals surface area contributed by atoms with Crippen molar-refractivity contribution in [3.63, 3.8) is 0 Å². The molecule has 2 fully saturated rings. The van der Waals surface area contributed by atoms with Crippen LogP contribution in [0.4, 0.5) is 4.79 Å². The van der Waals surface area contributed by atoms with Crippen LogP contribution < -0.4 is 10.6 Å². The molecule has 21 heavy (non-hydrogen) atoms. The van der Waals surface area contributed by atoms with E-state index in [0.717, 1.165) is 35.1 Å². The normalized spacial score (nSPS) is 28.7. The van der Waals surface area contributed by atoms with E-state index in [4.69, 9.17) is 21.1 Å². The third-order valence-electron chi connectivity index (χ3n) is 3.95. The largest absolute Gasteiger partial charge is 0.378 e. The standard InChI is InChI=1S/C14H19ClN2O3S/c15-12-2-1-11(21-12)8-16-13(18)17-10-3-5-20-14(7-10)4-6-19-9-14/h1-2,10H,3-9H2,(H2,16,17,18). The summed E-state index contributed by atoms with van der Waals surface area (Å²) in [6, 6.07) is 3.77. The number of ether oxygens (including phenoxy) is 2. The number of hydrogen-bond donors (Lipinski definition) is 2. The van der Waals surface area contributed by atoms with Gasteiger partial charge in [-0.2, -0.15) is 0 Å². The first-order valence-electron chi connectivity index (χ1n) is 7.16. The summed E-state index contributed by atoms with van der Waals surface area (Å²) in [6.07, 6.45) is 2.59. The molecule has 0 saturated carbocycles. The van der Waals surface area contributed by atoms with Crippen LogP contribution in [0.3, 0.4) is 0 Å². The molecule has 0 aliphatic carbocycles. The second-order valence-corrected chi connectivity index (χ2v) is 7.36. The van der Waals surface area contributed by atoms with Gasteiger partial charge in [-0.05, 0) is 25.0 Å². The average molecular weight is 331 g/mol. The monoisotopic (exact) mass is 330 g/mol. The summed E-state index contributed by atoms with van der Waals surface area (Å²) in [5.41, 5.74) is -0.183. The first kappa shape index (κ1) is 15.1. The van der Waals surface area contributed by atoms with E-state index in [9.17, 15) is 4.79 Å². The minimum atomic E-state index is -0.183. The molecule has 2 aliphatic rings. The van der Waals surface area contributed by atoms with Crippen LogP contribution in [0.1, 0.15) is 24.1 Å². The van der Waals surface area contributed by atoms with Crippen molar-refractivity contribution < 1.29 is 14.3 Å². The maximum atomic E-state index is 12.0. The zero-order valence-electron chi connectivity index (χ0n) is 11.7. The van der Waals surface area contributed by atoms with Gasteiger partial charge >= 0.3 is 6.03 Å². The SMILES string of the molecule is O=C(NCc1ccc(Cl)s1)NC1CCOC2(CCOC2)C1. The number of rotatable bonds is 3. The fraction of sp³-hybridized carbons (Fsp3) is 0.643. The molecule has 1 spiro atoms. The molecule has 0 radical (unpaired) electrons. The third kappa shape index (κ3) is 3.88. The molecule has 2 atom stereocenters. The Morgan fingerprint density at radius 3 is 3.10 bits per heavy atom. The lowest BCUT2D eigenvalue weighted by molar-refractivity contribution is -0.0878. The van der Waals surface area contributed by atoms with Crippen LogP contribution in [0, 0.1) is 0 Å². The van der Waals surface area contributed by atoms with Gasteiger partial charge in [0, 0.05) is 30.6 Å². The molecule has 3 heterocycles. The average Bonchev–Trinajstić information content (AvgIpc) is 3.06. The molecule has 7 heteroatoms. The molecule has 116 valence electrons. The molecule has 1 aromatic rings. The van der Waals surface area contributed by atoms with Gasteiger partial charge in [0.1, 0.15) is 0 Å². The fourth-order valence-electron chi connectivity index (χ4n) is 2.86. The second-order valence-electron chi connectivity index (χ2n) is 5.56. The molecule has 0 aromatic carbocycles. The van der Waals surface area contributed by atoms with E-state index in [-0.39, 0.29) is 17.7 Å². The predicted molar refractivity (Wildman–Crippen MR) is 81.8 cm³/mol. The highest BCUT2D eigenvalue weighted by molar-refractivity contribution is 7.16. The molecule has 1 aromatic heterocycles. The number of carbonyl (C=O) groups is 1. The number of amides is 2. The third-order valence-corrected chi connectivity index (χ3v) is 5.18. The van der Waals surface area contributed by atoms with E-state index < -0.39 is 0 Å². The van der Waals surface area contributed by atoms with Gasteiger partial charge in [-0.3, -0.25) is 0 Å². The Kier molecular flexibility index (Phi) is 4.69. The van der Waals surface area contributed by atoms with Crippen LogP contribution in [-0.2, 0) is 16.0 Å². The van der Waals surface area contributed by atoms with Gasteiger partial charge in [0.05, 0.1) is 23.1 Å². The smallest absolute Gasteiger partial charge is 0.315 e. The fourth-order valence-corrected chi connectivity index (χ4v) is 3.89. The molecule has 2 unspecified atom stereocenters. The Hall–Kier alpha value is -0.820. The Morgan fingerprint density at radius 1 is 1.48 bits per heavy atom. The second kappa shape index (κ2) is 6.52. The summed E-state index contributed by atoms with van der Waals surface area (Å²) >= 11 is 7.34. The Bertz CT molecular complexity index is 502. The zero-order chi connectivity index (χ0) is 14.7. The van der Waals surface area contributed by atoms with Gasteiger partial charge in [0.25, 0.3) is 0 Å². The molecular formula is C14H19ClN2O3S. The first-order valence-corrected chi connectivity index (χ1v) is 8.35. The summed E-state index contributed by atoms with van der Waals surface area (Å²) in [5.74, 6) is 0. The number of nitrogens with one attached hydrogen (secondary N) is 2. The van der Waals surface area contributed by atoms with Gasteiger partial charge in [-0.1, -0.05) is 11.6 Å². The maximum Gasteiger partial charge on any atom is 0.315 e. The van der Waals surface area contributed by atoms with E-state index in [1.807, 2.05) is 12.1 Å². The maximum absolute atomic E-state index is 12.0. The highest BCUT2D eigenvalue weighted by atomic mass is 35.5. The van der Waals surface area contributed by atoms with E-state index in [0.29, 0.717) is 19.8 Å². The van der Waals surface area contributed by atoms with E-state index in [1.54, 1.807) is 0 Å². The van der Waals surface area contributed by atoms with Crippen LogP contribution in [0.2, 0.25) is 4.34 Å². The minimum absolute atomic E-state index is 0.138. The summed E-state index contributed by atoms with van der Waals surface area (Å²) in [5, 5.41) is 5.90. The molecule has 0 bridgehead atoms. The van der Waals surface area contributed by atoms with Gasteiger partial charge in [0.2, 0.25) is 0 Å². The molecule has 5 nitrogen and oxygen atoms in total. The topological polar surface area (TPSA) is 59.6 Å². The van der Waals surface area contributed by atoms with Gasteiger partial charge in [-0.15, -0.1) is 11.3 Å². The molecule has 2 amide bonds. The van der Waals surface area contributed by atoms with Crippen molar-refractivity contribution in [1.82, 2.24) is 10.6 Å². The van der Waals surface area contributed by atoms with Crippen LogP contribution in [0.25, 0.3) is 0 Å². The van der Waals surface area contributed by atoms with Crippen molar-refractivity contribution in [2.45, 2.75) is 37.5 Å². The van der Waals surface area contributed by atoms with Crippen molar-refractivity contribution >= 4 is 29.0 Å². The number of thiophene rings is 1. The lowest BCUT2D eigenvalue weighted by Gasteiger charge is -2.37. The Balaban J connectivity index is 1.46. The summed E-state index contributed by atoms with van der Waals surface area (Å²) in [6.45, 7) is 2.56. The lowest BCUT2D eigenvalue weighted by atomic mass is 9.90. The highest BCUT2D eigenvalue weighted by Gasteiger charge is 2.41. The highest BCUT2D eigenvalue weighted by Crippen LogP contribution is 2.32.